The van der Waals surface area contributed by atoms with Crippen LogP contribution in [0.2, 0.25) is 0 Å². The molecule has 1 heterocycles. The standard InChI is InChI=1S/C19H38O/c1-17(2,3)15-19(6,7)11-10-18(4,5)14-16-8-12-20-13-9-16/h16H,8-15H2,1-7H3. The smallest absolute Gasteiger partial charge is 0.0468 e. The Morgan fingerprint density at radius 2 is 1.30 bits per heavy atom. The number of hydrogen-bond acceptors (Lipinski definition) is 1. The molecule has 120 valence electrons. The van der Waals surface area contributed by atoms with Crippen molar-refractivity contribution in [1.82, 2.24) is 0 Å². The molecule has 0 amide bonds. The van der Waals surface area contributed by atoms with E-state index in [9.17, 15) is 0 Å². The molecule has 0 saturated carbocycles. The van der Waals surface area contributed by atoms with Gasteiger partial charge in [0.25, 0.3) is 0 Å². The predicted octanol–water partition coefficient (Wildman–Crippen LogP) is 6.07. The van der Waals surface area contributed by atoms with Gasteiger partial charge in [0.2, 0.25) is 0 Å². The van der Waals surface area contributed by atoms with Gasteiger partial charge in [0.05, 0.1) is 0 Å². The second kappa shape index (κ2) is 6.81. The Kier molecular flexibility index (Phi) is 6.14. The molecule has 1 heteroatoms. The third kappa shape index (κ3) is 7.67. The van der Waals surface area contributed by atoms with Gasteiger partial charge in [-0.05, 0) is 60.7 Å². The van der Waals surface area contributed by atoms with Crippen LogP contribution in [0.5, 0.6) is 0 Å². The predicted molar refractivity (Wildman–Crippen MR) is 89.0 cm³/mol. The van der Waals surface area contributed by atoms with E-state index in [1.165, 1.54) is 38.5 Å². The molecule has 1 rings (SSSR count). The Bertz CT molecular complexity index is 277. The van der Waals surface area contributed by atoms with Crippen LogP contribution in [-0.2, 0) is 4.74 Å². The molecule has 0 spiro atoms. The Morgan fingerprint density at radius 1 is 0.800 bits per heavy atom. The summed E-state index contributed by atoms with van der Waals surface area (Å²) in [6.07, 6.45) is 7.94. The number of hydrogen-bond donors (Lipinski definition) is 0. The largest absolute Gasteiger partial charge is 0.381 e. The second-order valence-electron chi connectivity index (χ2n) is 9.83. The minimum absolute atomic E-state index is 0.439. The van der Waals surface area contributed by atoms with E-state index in [0.29, 0.717) is 16.2 Å². The highest BCUT2D eigenvalue weighted by molar-refractivity contribution is 4.81. The lowest BCUT2D eigenvalue weighted by Crippen LogP contribution is -2.26. The summed E-state index contributed by atoms with van der Waals surface area (Å²) < 4.78 is 5.48. The summed E-state index contributed by atoms with van der Waals surface area (Å²) in [5.74, 6) is 0.893. The van der Waals surface area contributed by atoms with Crippen molar-refractivity contribution in [1.29, 1.82) is 0 Å². The van der Waals surface area contributed by atoms with Crippen molar-refractivity contribution in [3.05, 3.63) is 0 Å². The monoisotopic (exact) mass is 282 g/mol. The molecule has 0 aliphatic carbocycles. The van der Waals surface area contributed by atoms with E-state index in [-0.39, 0.29) is 0 Å². The third-order valence-electron chi connectivity index (χ3n) is 4.67. The van der Waals surface area contributed by atoms with Crippen LogP contribution in [0.4, 0.5) is 0 Å². The summed E-state index contributed by atoms with van der Waals surface area (Å²) in [4.78, 5) is 0. The minimum Gasteiger partial charge on any atom is -0.381 e. The lowest BCUT2D eigenvalue weighted by molar-refractivity contribution is 0.0473. The molecule has 0 bridgehead atoms. The molecule has 0 N–H and O–H groups in total. The van der Waals surface area contributed by atoms with Crippen LogP contribution in [0.15, 0.2) is 0 Å². The van der Waals surface area contributed by atoms with Crippen LogP contribution < -0.4 is 0 Å². The van der Waals surface area contributed by atoms with Gasteiger partial charge in [-0.15, -0.1) is 0 Å². The minimum atomic E-state index is 0.439. The summed E-state index contributed by atoms with van der Waals surface area (Å²) >= 11 is 0. The van der Waals surface area contributed by atoms with E-state index >= 15 is 0 Å². The van der Waals surface area contributed by atoms with Crippen LogP contribution in [0.3, 0.4) is 0 Å². The van der Waals surface area contributed by atoms with Gasteiger partial charge in [0, 0.05) is 13.2 Å². The molecular formula is C19H38O. The van der Waals surface area contributed by atoms with E-state index in [1.807, 2.05) is 0 Å². The fourth-order valence-electron chi connectivity index (χ4n) is 4.03. The van der Waals surface area contributed by atoms with Crippen LogP contribution in [0, 0.1) is 22.2 Å². The molecule has 0 radical (unpaired) electrons. The highest BCUT2D eigenvalue weighted by Gasteiger charge is 2.30. The first-order valence-corrected chi connectivity index (χ1v) is 8.57. The molecule has 0 aromatic carbocycles. The average Bonchev–Trinajstić information content (AvgIpc) is 2.24. The van der Waals surface area contributed by atoms with Crippen LogP contribution in [0.25, 0.3) is 0 Å². The Labute approximate surface area is 127 Å². The van der Waals surface area contributed by atoms with E-state index < -0.39 is 0 Å². The Hall–Kier alpha value is -0.0400. The van der Waals surface area contributed by atoms with Gasteiger partial charge in [-0.2, -0.15) is 0 Å². The second-order valence-corrected chi connectivity index (χ2v) is 9.83. The van der Waals surface area contributed by atoms with Gasteiger partial charge in [-0.25, -0.2) is 0 Å². The van der Waals surface area contributed by atoms with Gasteiger partial charge in [0.1, 0.15) is 0 Å². The zero-order chi connectivity index (χ0) is 15.4. The summed E-state index contributed by atoms with van der Waals surface area (Å²) in [5.41, 5.74) is 1.39. The molecule has 0 unspecified atom stereocenters. The third-order valence-corrected chi connectivity index (χ3v) is 4.67. The molecule has 20 heavy (non-hydrogen) atoms. The maximum Gasteiger partial charge on any atom is 0.0468 e. The number of rotatable bonds is 6. The molecule has 0 aromatic heterocycles. The fourth-order valence-corrected chi connectivity index (χ4v) is 4.03. The maximum absolute atomic E-state index is 5.48. The van der Waals surface area contributed by atoms with Crippen molar-refractivity contribution in [3.8, 4) is 0 Å². The molecule has 1 aliphatic rings. The highest BCUT2D eigenvalue weighted by atomic mass is 16.5. The first-order valence-electron chi connectivity index (χ1n) is 8.57. The molecular weight excluding hydrogens is 244 g/mol. The van der Waals surface area contributed by atoms with Gasteiger partial charge < -0.3 is 4.74 Å². The lowest BCUT2D eigenvalue weighted by atomic mass is 9.69. The SMILES string of the molecule is CC(C)(C)CC(C)(C)CCC(C)(C)CC1CCOCC1. The van der Waals surface area contributed by atoms with E-state index in [4.69, 9.17) is 4.74 Å². The van der Waals surface area contributed by atoms with Crippen molar-refractivity contribution in [2.45, 2.75) is 87.0 Å². The van der Waals surface area contributed by atoms with Crippen molar-refractivity contribution >= 4 is 0 Å². The molecule has 0 aromatic rings. The van der Waals surface area contributed by atoms with E-state index in [0.717, 1.165) is 19.1 Å². The summed E-state index contributed by atoms with van der Waals surface area (Å²) in [5, 5.41) is 0. The first kappa shape index (κ1) is 18.0. The highest BCUT2D eigenvalue weighted by Crippen LogP contribution is 2.42. The first-order chi connectivity index (χ1) is 8.99. The Morgan fingerprint density at radius 3 is 1.80 bits per heavy atom. The Balaban J connectivity index is 2.41. The van der Waals surface area contributed by atoms with Crippen molar-refractivity contribution in [2.24, 2.45) is 22.2 Å². The quantitative estimate of drug-likeness (QED) is 0.574. The molecule has 1 nitrogen and oxygen atoms in total. The van der Waals surface area contributed by atoms with Gasteiger partial charge in [0.15, 0.2) is 0 Å². The topological polar surface area (TPSA) is 9.23 Å². The molecule has 1 saturated heterocycles. The zero-order valence-electron chi connectivity index (χ0n) is 15.1. The van der Waals surface area contributed by atoms with Crippen LogP contribution >= 0.6 is 0 Å². The molecule has 1 aliphatic heterocycles. The van der Waals surface area contributed by atoms with Gasteiger partial charge in [-0.3, -0.25) is 0 Å². The molecule has 1 fully saturated rings. The van der Waals surface area contributed by atoms with Crippen molar-refractivity contribution in [3.63, 3.8) is 0 Å². The van der Waals surface area contributed by atoms with Gasteiger partial charge >= 0.3 is 0 Å². The lowest BCUT2D eigenvalue weighted by Gasteiger charge is -2.37. The normalized spacial score (nSPS) is 19.4. The van der Waals surface area contributed by atoms with E-state index in [1.54, 1.807) is 0 Å². The van der Waals surface area contributed by atoms with Crippen molar-refractivity contribution < 1.29 is 4.74 Å². The zero-order valence-corrected chi connectivity index (χ0v) is 15.1. The maximum atomic E-state index is 5.48. The summed E-state index contributed by atoms with van der Waals surface area (Å²) in [6.45, 7) is 18.9. The fraction of sp³-hybridized carbons (Fsp3) is 1.00. The van der Waals surface area contributed by atoms with Crippen LogP contribution in [-0.4, -0.2) is 13.2 Å². The van der Waals surface area contributed by atoms with Crippen molar-refractivity contribution in [2.75, 3.05) is 13.2 Å². The van der Waals surface area contributed by atoms with Gasteiger partial charge in [-0.1, -0.05) is 48.5 Å². The average molecular weight is 283 g/mol. The van der Waals surface area contributed by atoms with E-state index in [2.05, 4.69) is 48.5 Å². The summed E-state index contributed by atoms with van der Waals surface area (Å²) in [7, 11) is 0. The van der Waals surface area contributed by atoms with Crippen LogP contribution in [0.1, 0.15) is 87.0 Å². The number of ether oxygens (including phenoxy) is 1. The molecule has 0 atom stereocenters. The summed E-state index contributed by atoms with van der Waals surface area (Å²) in [6, 6.07) is 0.